The molecule has 2 atom stereocenters. The van der Waals surface area contributed by atoms with Crippen molar-refractivity contribution < 1.29 is 9.66 Å². The second-order valence-corrected chi connectivity index (χ2v) is 7.33. The lowest BCUT2D eigenvalue weighted by atomic mass is 9.99. The Morgan fingerprint density at radius 3 is 2.75 bits per heavy atom. The van der Waals surface area contributed by atoms with E-state index in [1.807, 2.05) is 24.3 Å². The van der Waals surface area contributed by atoms with Gasteiger partial charge in [-0.05, 0) is 49.1 Å². The van der Waals surface area contributed by atoms with Gasteiger partial charge in [0, 0.05) is 24.7 Å². The van der Waals surface area contributed by atoms with Gasteiger partial charge in [0.05, 0.1) is 29.7 Å². The Morgan fingerprint density at radius 1 is 1.25 bits per heavy atom. The van der Waals surface area contributed by atoms with Crippen LogP contribution in [0.2, 0.25) is 0 Å². The third-order valence-electron chi connectivity index (χ3n) is 5.55. The molecule has 2 unspecified atom stereocenters. The number of benzene rings is 2. The zero-order valence-corrected chi connectivity index (χ0v) is 15.7. The van der Waals surface area contributed by atoms with Gasteiger partial charge in [-0.3, -0.25) is 15.0 Å². The number of methoxy groups -OCH3 is 1. The number of nitro groups is 1. The predicted molar refractivity (Wildman–Crippen MR) is 105 cm³/mol. The Hall–Kier alpha value is -3.11. The molecule has 0 radical (unpaired) electrons. The van der Waals surface area contributed by atoms with Crippen LogP contribution < -0.4 is 10.1 Å². The molecule has 0 bridgehead atoms. The lowest BCUT2D eigenvalue weighted by Crippen LogP contribution is -2.32. The molecule has 1 aliphatic heterocycles. The van der Waals surface area contributed by atoms with Crippen LogP contribution in [-0.2, 0) is 0 Å². The summed E-state index contributed by atoms with van der Waals surface area (Å²) >= 11 is 0. The van der Waals surface area contributed by atoms with Gasteiger partial charge in [0.1, 0.15) is 11.4 Å². The number of nitriles is 1. The van der Waals surface area contributed by atoms with Crippen molar-refractivity contribution in [1.82, 2.24) is 4.90 Å². The third kappa shape index (κ3) is 3.51. The van der Waals surface area contributed by atoms with Crippen molar-refractivity contribution in [3.8, 4) is 11.8 Å². The van der Waals surface area contributed by atoms with Crippen molar-refractivity contribution in [3.05, 3.63) is 63.7 Å². The molecular formula is C21H22N4O3. The molecule has 28 heavy (non-hydrogen) atoms. The summed E-state index contributed by atoms with van der Waals surface area (Å²) in [6, 6.07) is 15.3. The number of rotatable bonds is 6. The molecule has 2 aromatic carbocycles. The zero-order chi connectivity index (χ0) is 19.7. The van der Waals surface area contributed by atoms with Crippen LogP contribution in [0.25, 0.3) is 0 Å². The van der Waals surface area contributed by atoms with Crippen LogP contribution in [0, 0.1) is 21.4 Å². The topological polar surface area (TPSA) is 91.4 Å². The fraction of sp³-hybridized carbons (Fsp3) is 0.381. The summed E-state index contributed by atoms with van der Waals surface area (Å²) in [5, 5.41) is 24.0. The van der Waals surface area contributed by atoms with E-state index in [-0.39, 0.29) is 23.3 Å². The summed E-state index contributed by atoms with van der Waals surface area (Å²) in [4.78, 5) is 13.6. The first kappa shape index (κ1) is 18.3. The van der Waals surface area contributed by atoms with E-state index in [1.54, 1.807) is 19.2 Å². The van der Waals surface area contributed by atoms with Gasteiger partial charge in [-0.1, -0.05) is 12.1 Å². The zero-order valence-electron chi connectivity index (χ0n) is 15.7. The molecule has 1 saturated heterocycles. The molecule has 0 aromatic heterocycles. The molecule has 2 fully saturated rings. The molecular weight excluding hydrogens is 356 g/mol. The minimum Gasteiger partial charge on any atom is -0.497 e. The summed E-state index contributed by atoms with van der Waals surface area (Å²) in [5.74, 6) is 0.809. The third-order valence-corrected chi connectivity index (χ3v) is 5.55. The van der Waals surface area contributed by atoms with Gasteiger partial charge >= 0.3 is 0 Å². The summed E-state index contributed by atoms with van der Waals surface area (Å²) in [5.41, 5.74) is 1.83. The Balaban J connectivity index is 1.66. The molecule has 1 heterocycles. The summed E-state index contributed by atoms with van der Waals surface area (Å²) in [7, 11) is 1.66. The molecule has 1 saturated carbocycles. The van der Waals surface area contributed by atoms with E-state index in [4.69, 9.17) is 10.00 Å². The Labute approximate surface area is 163 Å². The van der Waals surface area contributed by atoms with E-state index in [0.29, 0.717) is 11.7 Å². The number of nitrogens with one attached hydrogen (secondary N) is 1. The number of likely N-dealkylation sites (tertiary alicyclic amines) is 1. The van der Waals surface area contributed by atoms with Crippen molar-refractivity contribution >= 4 is 11.4 Å². The molecule has 0 spiro atoms. The SMILES string of the molecule is COc1cccc(C2C(Nc3ccc(C#N)cc3[N+](=O)[O-])CCN2C2CC2)c1. The second-order valence-electron chi connectivity index (χ2n) is 7.33. The highest BCUT2D eigenvalue weighted by molar-refractivity contribution is 5.64. The van der Waals surface area contributed by atoms with E-state index in [9.17, 15) is 10.1 Å². The van der Waals surface area contributed by atoms with Crippen molar-refractivity contribution in [2.24, 2.45) is 0 Å². The number of hydrogen-bond acceptors (Lipinski definition) is 6. The van der Waals surface area contributed by atoms with Crippen LogP contribution in [0.1, 0.15) is 36.4 Å². The molecule has 144 valence electrons. The van der Waals surface area contributed by atoms with Crippen LogP contribution in [0.5, 0.6) is 5.75 Å². The predicted octanol–water partition coefficient (Wildman–Crippen LogP) is 3.86. The number of ether oxygens (including phenoxy) is 1. The molecule has 0 amide bonds. The highest BCUT2D eigenvalue weighted by Crippen LogP contribution is 2.43. The van der Waals surface area contributed by atoms with Crippen molar-refractivity contribution in [2.75, 3.05) is 19.0 Å². The van der Waals surface area contributed by atoms with Crippen LogP contribution in [-0.4, -0.2) is 35.6 Å². The fourth-order valence-corrected chi connectivity index (χ4v) is 4.11. The monoisotopic (exact) mass is 378 g/mol. The van der Waals surface area contributed by atoms with E-state index < -0.39 is 4.92 Å². The van der Waals surface area contributed by atoms with Gasteiger partial charge in [0.25, 0.3) is 5.69 Å². The summed E-state index contributed by atoms with van der Waals surface area (Å²) < 4.78 is 5.40. The normalized spacial score (nSPS) is 21.9. The van der Waals surface area contributed by atoms with Gasteiger partial charge in [-0.2, -0.15) is 5.26 Å². The molecule has 2 aliphatic rings. The summed E-state index contributed by atoms with van der Waals surface area (Å²) in [6.07, 6.45) is 3.30. The van der Waals surface area contributed by atoms with Gasteiger partial charge in [-0.15, -0.1) is 0 Å². The van der Waals surface area contributed by atoms with Crippen molar-refractivity contribution in [1.29, 1.82) is 5.26 Å². The van der Waals surface area contributed by atoms with Gasteiger partial charge in [0.2, 0.25) is 0 Å². The first-order valence-corrected chi connectivity index (χ1v) is 9.45. The number of nitro benzene ring substituents is 1. The minimum absolute atomic E-state index is 0.0411. The quantitative estimate of drug-likeness (QED) is 0.606. The van der Waals surface area contributed by atoms with Crippen LogP contribution in [0.15, 0.2) is 42.5 Å². The van der Waals surface area contributed by atoms with E-state index in [0.717, 1.165) is 24.3 Å². The molecule has 4 rings (SSSR count). The standard InChI is InChI=1S/C21H22N4O3/c1-28-17-4-2-3-15(12-17)21-19(9-10-24(21)16-6-7-16)23-18-8-5-14(13-22)11-20(18)25(26)27/h2-5,8,11-12,16,19,21,23H,6-7,9-10H2,1H3. The largest absolute Gasteiger partial charge is 0.497 e. The van der Waals surface area contributed by atoms with Crippen molar-refractivity contribution in [3.63, 3.8) is 0 Å². The van der Waals surface area contributed by atoms with Gasteiger partial charge in [-0.25, -0.2) is 0 Å². The maximum Gasteiger partial charge on any atom is 0.293 e. The fourth-order valence-electron chi connectivity index (χ4n) is 4.11. The lowest BCUT2D eigenvalue weighted by molar-refractivity contribution is -0.384. The second kappa shape index (κ2) is 7.49. The first-order valence-electron chi connectivity index (χ1n) is 9.45. The maximum atomic E-state index is 11.5. The maximum absolute atomic E-state index is 11.5. The number of hydrogen-bond donors (Lipinski definition) is 1. The van der Waals surface area contributed by atoms with Crippen molar-refractivity contribution in [2.45, 2.75) is 37.4 Å². The molecule has 7 nitrogen and oxygen atoms in total. The van der Waals surface area contributed by atoms with Gasteiger partial charge < -0.3 is 10.1 Å². The van der Waals surface area contributed by atoms with Gasteiger partial charge in [0.15, 0.2) is 0 Å². The minimum atomic E-state index is -0.433. The lowest BCUT2D eigenvalue weighted by Gasteiger charge is -2.29. The highest BCUT2D eigenvalue weighted by atomic mass is 16.6. The van der Waals surface area contributed by atoms with E-state index in [2.05, 4.69) is 16.3 Å². The molecule has 1 N–H and O–H groups in total. The first-order chi connectivity index (χ1) is 13.6. The number of nitrogens with zero attached hydrogens (tertiary/aromatic N) is 3. The highest BCUT2D eigenvalue weighted by Gasteiger charge is 2.43. The van der Waals surface area contributed by atoms with Crippen LogP contribution in [0.3, 0.4) is 0 Å². The van der Waals surface area contributed by atoms with Crippen LogP contribution >= 0.6 is 0 Å². The average molecular weight is 378 g/mol. The molecule has 7 heteroatoms. The molecule has 1 aliphatic carbocycles. The number of anilines is 1. The van der Waals surface area contributed by atoms with E-state index >= 15 is 0 Å². The Morgan fingerprint density at radius 2 is 2.07 bits per heavy atom. The molecule has 2 aromatic rings. The summed E-state index contributed by atoms with van der Waals surface area (Å²) in [6.45, 7) is 0.953. The smallest absolute Gasteiger partial charge is 0.293 e. The Kier molecular flexibility index (Phi) is 4.88. The van der Waals surface area contributed by atoms with E-state index in [1.165, 1.54) is 18.9 Å². The Bertz CT molecular complexity index is 935. The van der Waals surface area contributed by atoms with Crippen LogP contribution in [0.4, 0.5) is 11.4 Å². The average Bonchev–Trinajstić information content (AvgIpc) is 3.48.